The van der Waals surface area contributed by atoms with E-state index in [9.17, 15) is 0 Å². The van der Waals surface area contributed by atoms with Crippen LogP contribution in [0.4, 0.5) is 0 Å². The van der Waals surface area contributed by atoms with Crippen molar-refractivity contribution in [3.8, 4) is 0 Å². The fraction of sp³-hybridized carbons (Fsp3) is 0.769. The van der Waals surface area contributed by atoms with Crippen LogP contribution < -0.4 is 0 Å². The minimum atomic E-state index is 0.512. The van der Waals surface area contributed by atoms with Crippen LogP contribution in [0.5, 0.6) is 0 Å². The van der Waals surface area contributed by atoms with Crippen molar-refractivity contribution in [2.75, 3.05) is 32.7 Å². The molecular formula is C26H40N2. The second kappa shape index (κ2) is 8.48. The van der Waals surface area contributed by atoms with Crippen molar-refractivity contribution in [1.29, 1.82) is 0 Å². The Labute approximate surface area is 172 Å². The van der Waals surface area contributed by atoms with E-state index in [1.165, 1.54) is 103 Å². The van der Waals surface area contributed by atoms with Crippen LogP contribution in [0.3, 0.4) is 0 Å². The average Bonchev–Trinajstić information content (AvgIpc) is 2.73. The Hall–Kier alpha value is -0.860. The molecule has 6 rings (SSSR count). The standard InChI is InChI=1S/C26H40N2/c1-3-7-11-16-27-18-14-24-23-19-22(13-9-5-1)25-26(24,21-27)15-10-6-2-4-8-12-17-28(25)20-23/h1-2,5-6,19,23-25H,3-4,7-18,20-21H2/b5-1-,6-2-/t23-,24+,25-,26-/m0/s1. The second-order valence-corrected chi connectivity index (χ2v) is 10.2. The van der Waals surface area contributed by atoms with Gasteiger partial charge in [0.05, 0.1) is 0 Å². The van der Waals surface area contributed by atoms with E-state index in [1.807, 2.05) is 5.57 Å². The fourth-order valence-corrected chi connectivity index (χ4v) is 7.44. The fourth-order valence-electron chi connectivity index (χ4n) is 7.44. The largest absolute Gasteiger partial charge is 0.303 e. The minimum Gasteiger partial charge on any atom is -0.303 e. The summed E-state index contributed by atoms with van der Waals surface area (Å²) in [6, 6.07) is 0.728. The maximum Gasteiger partial charge on any atom is 0.0379 e. The molecule has 1 aliphatic carbocycles. The maximum absolute atomic E-state index is 2.97. The number of nitrogens with zero attached hydrogens (tertiary/aromatic N) is 2. The molecule has 5 heterocycles. The molecule has 2 nitrogen and oxygen atoms in total. The summed E-state index contributed by atoms with van der Waals surface area (Å²) in [7, 11) is 0. The summed E-state index contributed by atoms with van der Waals surface area (Å²) >= 11 is 0. The molecule has 0 radical (unpaired) electrons. The van der Waals surface area contributed by atoms with Crippen molar-refractivity contribution in [3.05, 3.63) is 36.0 Å². The van der Waals surface area contributed by atoms with E-state index in [4.69, 9.17) is 0 Å². The molecule has 0 aromatic rings. The van der Waals surface area contributed by atoms with Crippen LogP contribution in [0.25, 0.3) is 0 Å². The molecule has 154 valence electrons. The molecule has 0 amide bonds. The molecule has 5 aliphatic heterocycles. The normalized spacial score (nSPS) is 46.3. The zero-order chi connectivity index (χ0) is 18.8. The van der Waals surface area contributed by atoms with Gasteiger partial charge in [-0.2, -0.15) is 0 Å². The third-order valence-electron chi connectivity index (χ3n) is 8.53. The van der Waals surface area contributed by atoms with Gasteiger partial charge in [0.1, 0.15) is 0 Å². The van der Waals surface area contributed by atoms with Crippen LogP contribution in [0.2, 0.25) is 0 Å². The van der Waals surface area contributed by atoms with Gasteiger partial charge < -0.3 is 4.90 Å². The van der Waals surface area contributed by atoms with Gasteiger partial charge in [-0.1, -0.05) is 36.0 Å². The molecule has 6 atom stereocenters. The first-order valence-corrected chi connectivity index (χ1v) is 12.3. The Balaban J connectivity index is 1.53. The first-order chi connectivity index (χ1) is 13.9. The Kier molecular flexibility index (Phi) is 5.79. The SMILES string of the molecule is C1=C2CC/C=C\CCCCN3CC[C@@H]4[C@@H]1CN1CCCC/C=C\CC[C@@]4(C3)[C@H]21. The van der Waals surface area contributed by atoms with Crippen molar-refractivity contribution >= 4 is 0 Å². The summed E-state index contributed by atoms with van der Waals surface area (Å²) in [6.07, 6.45) is 27.5. The van der Waals surface area contributed by atoms with Crippen LogP contribution in [0.1, 0.15) is 70.6 Å². The molecule has 2 unspecified atom stereocenters. The number of fused-ring (bicyclic) bond motifs is 1. The van der Waals surface area contributed by atoms with Crippen LogP contribution in [0, 0.1) is 17.3 Å². The van der Waals surface area contributed by atoms with Gasteiger partial charge in [0.25, 0.3) is 0 Å². The summed E-state index contributed by atoms with van der Waals surface area (Å²) in [4.78, 5) is 5.84. The highest BCUT2D eigenvalue weighted by Crippen LogP contribution is 2.57. The summed E-state index contributed by atoms with van der Waals surface area (Å²) in [5.41, 5.74) is 2.33. The molecule has 2 fully saturated rings. The lowest BCUT2D eigenvalue weighted by Crippen LogP contribution is -2.68. The highest BCUT2D eigenvalue weighted by atomic mass is 15.2. The molecule has 28 heavy (non-hydrogen) atoms. The lowest BCUT2D eigenvalue weighted by molar-refractivity contribution is -0.109. The highest BCUT2D eigenvalue weighted by Gasteiger charge is 2.58. The van der Waals surface area contributed by atoms with E-state index in [-0.39, 0.29) is 0 Å². The predicted octanol–water partition coefficient (Wildman–Crippen LogP) is 5.58. The number of allylic oxidation sites excluding steroid dienone is 4. The van der Waals surface area contributed by atoms with Gasteiger partial charge >= 0.3 is 0 Å². The lowest BCUT2D eigenvalue weighted by atomic mass is 9.52. The van der Waals surface area contributed by atoms with Crippen molar-refractivity contribution in [2.24, 2.45) is 17.3 Å². The molecular weight excluding hydrogens is 340 g/mol. The van der Waals surface area contributed by atoms with Gasteiger partial charge in [-0.05, 0) is 102 Å². The Bertz CT molecular complexity index is 632. The van der Waals surface area contributed by atoms with Crippen LogP contribution in [-0.4, -0.2) is 48.6 Å². The molecule has 2 saturated heterocycles. The Morgan fingerprint density at radius 1 is 0.821 bits per heavy atom. The van der Waals surface area contributed by atoms with Crippen molar-refractivity contribution in [1.82, 2.24) is 9.80 Å². The van der Waals surface area contributed by atoms with E-state index >= 15 is 0 Å². The van der Waals surface area contributed by atoms with Crippen molar-refractivity contribution in [2.45, 2.75) is 76.7 Å². The molecule has 0 N–H and O–H groups in total. The van der Waals surface area contributed by atoms with E-state index in [0.717, 1.165) is 17.9 Å². The first kappa shape index (κ1) is 19.1. The van der Waals surface area contributed by atoms with E-state index in [1.54, 1.807) is 0 Å². The first-order valence-electron chi connectivity index (χ1n) is 12.3. The van der Waals surface area contributed by atoms with Crippen LogP contribution in [0.15, 0.2) is 36.0 Å². The van der Waals surface area contributed by atoms with E-state index < -0.39 is 0 Å². The number of rotatable bonds is 0. The monoisotopic (exact) mass is 380 g/mol. The summed E-state index contributed by atoms with van der Waals surface area (Å²) in [5, 5.41) is 0. The number of piperidine rings is 2. The third-order valence-corrected chi connectivity index (χ3v) is 8.53. The molecule has 0 saturated carbocycles. The maximum atomic E-state index is 2.97. The summed E-state index contributed by atoms with van der Waals surface area (Å²) in [6.45, 7) is 6.73. The van der Waals surface area contributed by atoms with Crippen molar-refractivity contribution in [3.63, 3.8) is 0 Å². The highest BCUT2D eigenvalue weighted by molar-refractivity contribution is 5.30. The molecule has 2 heteroatoms. The van der Waals surface area contributed by atoms with E-state index in [0.29, 0.717) is 5.41 Å². The predicted molar refractivity (Wildman–Crippen MR) is 118 cm³/mol. The second-order valence-electron chi connectivity index (χ2n) is 10.2. The molecule has 1 spiro atoms. The van der Waals surface area contributed by atoms with Gasteiger partial charge in [0.2, 0.25) is 0 Å². The minimum absolute atomic E-state index is 0.512. The van der Waals surface area contributed by atoms with Gasteiger partial charge in [0, 0.05) is 24.5 Å². The van der Waals surface area contributed by atoms with Gasteiger partial charge in [0.15, 0.2) is 0 Å². The van der Waals surface area contributed by atoms with Crippen LogP contribution >= 0.6 is 0 Å². The average molecular weight is 381 g/mol. The molecule has 0 aromatic carbocycles. The number of hydrogen-bond acceptors (Lipinski definition) is 2. The zero-order valence-electron chi connectivity index (χ0n) is 17.8. The topological polar surface area (TPSA) is 6.48 Å². The van der Waals surface area contributed by atoms with Gasteiger partial charge in [-0.25, -0.2) is 0 Å². The Morgan fingerprint density at radius 3 is 2.50 bits per heavy atom. The number of hydrogen-bond donors (Lipinski definition) is 0. The summed E-state index contributed by atoms with van der Waals surface area (Å²) in [5.74, 6) is 1.75. The van der Waals surface area contributed by atoms with Crippen molar-refractivity contribution < 1.29 is 0 Å². The summed E-state index contributed by atoms with van der Waals surface area (Å²) < 4.78 is 0. The van der Waals surface area contributed by atoms with E-state index in [2.05, 4.69) is 40.2 Å². The third kappa shape index (κ3) is 3.56. The quantitative estimate of drug-likeness (QED) is 0.507. The van der Waals surface area contributed by atoms with Gasteiger partial charge in [-0.15, -0.1) is 0 Å². The zero-order valence-corrected chi connectivity index (χ0v) is 17.8. The molecule has 6 aliphatic rings. The smallest absolute Gasteiger partial charge is 0.0379 e. The molecule has 6 bridgehead atoms. The Morgan fingerprint density at radius 2 is 1.61 bits per heavy atom. The lowest BCUT2D eigenvalue weighted by Gasteiger charge is -2.64. The van der Waals surface area contributed by atoms with Gasteiger partial charge in [-0.3, -0.25) is 4.90 Å². The van der Waals surface area contributed by atoms with Crippen LogP contribution in [-0.2, 0) is 0 Å². The molecule has 0 aromatic heterocycles.